The van der Waals surface area contributed by atoms with E-state index in [-0.39, 0.29) is 17.9 Å². The maximum Gasteiger partial charge on any atom is 0.264 e. The van der Waals surface area contributed by atoms with Gasteiger partial charge in [0.15, 0.2) is 0 Å². The Morgan fingerprint density at radius 1 is 1.17 bits per heavy atom. The van der Waals surface area contributed by atoms with Crippen molar-refractivity contribution < 1.29 is 14.7 Å². The van der Waals surface area contributed by atoms with Gasteiger partial charge in [0.25, 0.3) is 5.91 Å². The quantitative estimate of drug-likeness (QED) is 0.849. The molecule has 2 fully saturated rings. The largest absolute Gasteiger partial charge is 0.390 e. The minimum atomic E-state index is -0.525. The standard InChI is InChI=1S/C16H23N3O3S/c1-11-3-8-23-15(11)16(22)19-9-13(14(21)10-19)18-6-4-17(5-7-18)12(2)20/h3,8,13-14,21H,4-7,9-10H2,1-2H3/t13-,14-/m1/s1. The Morgan fingerprint density at radius 3 is 2.43 bits per heavy atom. The number of aliphatic hydroxyl groups is 1. The molecular weight excluding hydrogens is 314 g/mol. The molecule has 0 aliphatic carbocycles. The van der Waals surface area contributed by atoms with Crippen molar-refractivity contribution in [1.29, 1.82) is 0 Å². The van der Waals surface area contributed by atoms with Gasteiger partial charge in [-0.1, -0.05) is 0 Å². The summed E-state index contributed by atoms with van der Waals surface area (Å²) in [5.74, 6) is 0.114. The molecule has 0 radical (unpaired) electrons. The second kappa shape index (κ2) is 6.59. The number of thiophene rings is 1. The third-order valence-corrected chi connectivity index (χ3v) is 5.84. The molecule has 2 saturated heterocycles. The Balaban J connectivity index is 1.62. The second-order valence-electron chi connectivity index (χ2n) is 6.32. The molecule has 1 aromatic heterocycles. The number of hydrogen-bond donors (Lipinski definition) is 1. The lowest BCUT2D eigenvalue weighted by molar-refractivity contribution is -0.131. The number of aliphatic hydroxyl groups excluding tert-OH is 1. The van der Waals surface area contributed by atoms with Crippen molar-refractivity contribution in [3.05, 3.63) is 21.9 Å². The molecular formula is C16H23N3O3S. The van der Waals surface area contributed by atoms with Crippen molar-refractivity contribution in [3.63, 3.8) is 0 Å². The Kier molecular flexibility index (Phi) is 4.70. The number of aryl methyl sites for hydroxylation is 1. The summed E-state index contributed by atoms with van der Waals surface area (Å²) in [4.78, 5) is 30.6. The van der Waals surface area contributed by atoms with E-state index in [1.54, 1.807) is 11.8 Å². The van der Waals surface area contributed by atoms with Gasteiger partial charge in [0.2, 0.25) is 5.91 Å². The lowest BCUT2D eigenvalue weighted by atomic mass is 10.1. The number of carbonyl (C=O) groups is 2. The van der Waals surface area contributed by atoms with Gasteiger partial charge in [0, 0.05) is 46.2 Å². The maximum absolute atomic E-state index is 12.6. The molecule has 0 aromatic carbocycles. The van der Waals surface area contributed by atoms with E-state index in [9.17, 15) is 14.7 Å². The Morgan fingerprint density at radius 2 is 1.87 bits per heavy atom. The van der Waals surface area contributed by atoms with E-state index in [1.165, 1.54) is 11.3 Å². The lowest BCUT2D eigenvalue weighted by Crippen LogP contribution is -2.54. The topological polar surface area (TPSA) is 64.1 Å². The van der Waals surface area contributed by atoms with Gasteiger partial charge >= 0.3 is 0 Å². The highest BCUT2D eigenvalue weighted by Crippen LogP contribution is 2.23. The Hall–Kier alpha value is -1.44. The summed E-state index contributed by atoms with van der Waals surface area (Å²) in [5.41, 5.74) is 0.994. The van der Waals surface area contributed by atoms with Crippen molar-refractivity contribution >= 4 is 23.2 Å². The fraction of sp³-hybridized carbons (Fsp3) is 0.625. The minimum absolute atomic E-state index is 0.0152. The van der Waals surface area contributed by atoms with Crippen LogP contribution in [0.2, 0.25) is 0 Å². The Labute approximate surface area is 140 Å². The van der Waals surface area contributed by atoms with Crippen LogP contribution in [0.25, 0.3) is 0 Å². The third kappa shape index (κ3) is 3.27. The summed E-state index contributed by atoms with van der Waals surface area (Å²) in [6.45, 7) is 7.35. The second-order valence-corrected chi connectivity index (χ2v) is 7.24. The van der Waals surface area contributed by atoms with Crippen molar-refractivity contribution in [3.8, 4) is 0 Å². The number of amides is 2. The van der Waals surface area contributed by atoms with E-state index >= 15 is 0 Å². The molecule has 0 unspecified atom stereocenters. The van der Waals surface area contributed by atoms with Gasteiger partial charge in [-0.2, -0.15) is 0 Å². The molecule has 6 nitrogen and oxygen atoms in total. The summed E-state index contributed by atoms with van der Waals surface area (Å²) in [5, 5.41) is 12.3. The van der Waals surface area contributed by atoms with Crippen LogP contribution in [0.1, 0.15) is 22.2 Å². The third-order valence-electron chi connectivity index (χ3n) is 4.83. The summed E-state index contributed by atoms with van der Waals surface area (Å²) >= 11 is 1.46. The zero-order valence-electron chi connectivity index (χ0n) is 13.6. The molecule has 1 N–H and O–H groups in total. The molecule has 2 amide bonds. The van der Waals surface area contributed by atoms with Gasteiger partial charge in [-0.15, -0.1) is 11.3 Å². The summed E-state index contributed by atoms with van der Waals surface area (Å²) in [7, 11) is 0. The lowest BCUT2D eigenvalue weighted by Gasteiger charge is -2.38. The number of β-amino-alcohol motifs (C(OH)–C–C–N with tert-alkyl or cyclic N) is 1. The SMILES string of the molecule is CC(=O)N1CCN([C@@H]2CN(C(=O)c3sccc3C)C[C@H]2O)CC1. The fourth-order valence-corrected chi connectivity index (χ4v) is 4.29. The molecule has 2 atom stereocenters. The predicted molar refractivity (Wildman–Crippen MR) is 88.6 cm³/mol. The van der Waals surface area contributed by atoms with Gasteiger partial charge in [-0.25, -0.2) is 0 Å². The highest BCUT2D eigenvalue weighted by atomic mass is 32.1. The van der Waals surface area contributed by atoms with Crippen molar-refractivity contribution in [1.82, 2.24) is 14.7 Å². The highest BCUT2D eigenvalue weighted by Gasteiger charge is 2.39. The van der Waals surface area contributed by atoms with Gasteiger partial charge in [0.05, 0.1) is 17.0 Å². The Bertz CT molecular complexity index is 595. The van der Waals surface area contributed by atoms with Gasteiger partial charge in [0.1, 0.15) is 0 Å². The number of carbonyl (C=O) groups excluding carboxylic acids is 2. The predicted octanol–water partition coefficient (Wildman–Crippen LogP) is 0.406. The van der Waals surface area contributed by atoms with Crippen LogP contribution in [-0.4, -0.2) is 83.0 Å². The first kappa shape index (κ1) is 16.4. The van der Waals surface area contributed by atoms with E-state index in [2.05, 4.69) is 4.90 Å². The molecule has 23 heavy (non-hydrogen) atoms. The van der Waals surface area contributed by atoms with Crippen LogP contribution in [0.5, 0.6) is 0 Å². The van der Waals surface area contributed by atoms with E-state index in [0.717, 1.165) is 23.5 Å². The zero-order chi connectivity index (χ0) is 16.6. The van der Waals surface area contributed by atoms with Gasteiger partial charge in [-0.3, -0.25) is 14.5 Å². The van der Waals surface area contributed by atoms with Crippen molar-refractivity contribution in [2.24, 2.45) is 0 Å². The molecule has 7 heteroatoms. The van der Waals surface area contributed by atoms with Crippen molar-refractivity contribution in [2.45, 2.75) is 26.0 Å². The van der Waals surface area contributed by atoms with Gasteiger partial charge in [-0.05, 0) is 23.9 Å². The molecule has 2 aliphatic rings. The number of nitrogens with zero attached hydrogens (tertiary/aromatic N) is 3. The average Bonchev–Trinajstić information content (AvgIpc) is 3.12. The van der Waals surface area contributed by atoms with Crippen LogP contribution in [0, 0.1) is 6.92 Å². The van der Waals surface area contributed by atoms with E-state index in [1.807, 2.05) is 23.3 Å². The molecule has 0 spiro atoms. The first-order valence-electron chi connectivity index (χ1n) is 7.98. The normalized spacial score (nSPS) is 25.9. The number of hydrogen-bond acceptors (Lipinski definition) is 5. The summed E-state index contributed by atoms with van der Waals surface area (Å²) in [6.07, 6.45) is -0.525. The van der Waals surface area contributed by atoms with Gasteiger partial charge < -0.3 is 14.9 Å². The van der Waals surface area contributed by atoms with E-state index < -0.39 is 6.10 Å². The fourth-order valence-electron chi connectivity index (χ4n) is 3.40. The zero-order valence-corrected chi connectivity index (χ0v) is 14.4. The molecule has 2 aliphatic heterocycles. The van der Waals surface area contributed by atoms with Crippen LogP contribution >= 0.6 is 11.3 Å². The number of rotatable bonds is 2. The van der Waals surface area contributed by atoms with E-state index in [4.69, 9.17) is 0 Å². The van der Waals surface area contributed by atoms with Crippen LogP contribution in [0.4, 0.5) is 0 Å². The van der Waals surface area contributed by atoms with E-state index in [0.29, 0.717) is 26.2 Å². The van der Waals surface area contributed by atoms with Crippen LogP contribution in [-0.2, 0) is 4.79 Å². The van der Waals surface area contributed by atoms with Crippen molar-refractivity contribution in [2.75, 3.05) is 39.3 Å². The smallest absolute Gasteiger partial charge is 0.264 e. The first-order valence-corrected chi connectivity index (χ1v) is 8.86. The molecule has 0 bridgehead atoms. The number of piperazine rings is 1. The molecule has 0 saturated carbocycles. The van der Waals surface area contributed by atoms with Crippen LogP contribution < -0.4 is 0 Å². The summed E-state index contributed by atoms with van der Waals surface area (Å²) < 4.78 is 0. The molecule has 1 aromatic rings. The first-order chi connectivity index (χ1) is 11.0. The highest BCUT2D eigenvalue weighted by molar-refractivity contribution is 7.12. The number of likely N-dealkylation sites (tertiary alicyclic amines) is 1. The minimum Gasteiger partial charge on any atom is -0.390 e. The summed E-state index contributed by atoms with van der Waals surface area (Å²) in [6, 6.07) is 1.91. The monoisotopic (exact) mass is 337 g/mol. The maximum atomic E-state index is 12.6. The molecule has 3 rings (SSSR count). The molecule has 3 heterocycles. The van der Waals surface area contributed by atoms with Crippen LogP contribution in [0.15, 0.2) is 11.4 Å². The van der Waals surface area contributed by atoms with Crippen LogP contribution in [0.3, 0.4) is 0 Å². The average molecular weight is 337 g/mol. The molecule has 126 valence electrons.